The van der Waals surface area contributed by atoms with Crippen molar-refractivity contribution in [3.05, 3.63) is 51.4 Å². The molecule has 0 aliphatic carbocycles. The van der Waals surface area contributed by atoms with Crippen LogP contribution in [-0.4, -0.2) is 43.4 Å². The number of benzene rings is 1. The van der Waals surface area contributed by atoms with Crippen molar-refractivity contribution in [1.29, 1.82) is 0 Å². The number of nitrogens with zero attached hydrogens (tertiary/aromatic N) is 1. The number of rotatable bonds is 4. The number of halogens is 1. The topological polar surface area (TPSA) is 102 Å². The molecule has 7 nitrogen and oxygen atoms in total. The first-order valence-electron chi connectivity index (χ1n) is 8.03. The van der Waals surface area contributed by atoms with E-state index in [2.05, 4.69) is 15.0 Å². The SMILES string of the molecule is COC(=O)c1ccc(C(=O)Nc2sc3c(c2C(N)=O)CCN(C)C3)cc1.Cl. The van der Waals surface area contributed by atoms with Crippen molar-refractivity contribution in [2.75, 3.05) is 26.0 Å². The van der Waals surface area contributed by atoms with Crippen LogP contribution in [0, 0.1) is 0 Å². The Morgan fingerprint density at radius 3 is 2.41 bits per heavy atom. The Balaban J connectivity index is 0.00000261. The largest absolute Gasteiger partial charge is 0.465 e. The van der Waals surface area contributed by atoms with E-state index in [4.69, 9.17) is 5.73 Å². The van der Waals surface area contributed by atoms with Crippen molar-refractivity contribution in [3.63, 3.8) is 0 Å². The van der Waals surface area contributed by atoms with Gasteiger partial charge in [-0.3, -0.25) is 9.59 Å². The van der Waals surface area contributed by atoms with Crippen LogP contribution in [0.2, 0.25) is 0 Å². The lowest BCUT2D eigenvalue weighted by Crippen LogP contribution is -2.27. The van der Waals surface area contributed by atoms with Crippen molar-refractivity contribution in [2.45, 2.75) is 13.0 Å². The number of carbonyl (C=O) groups excluding carboxylic acids is 3. The van der Waals surface area contributed by atoms with Crippen molar-refractivity contribution < 1.29 is 19.1 Å². The molecule has 0 bridgehead atoms. The van der Waals surface area contributed by atoms with E-state index in [1.54, 1.807) is 0 Å². The number of nitrogens with two attached hydrogens (primary N) is 1. The molecule has 3 N–H and O–H groups in total. The Morgan fingerprint density at radius 1 is 1.19 bits per heavy atom. The van der Waals surface area contributed by atoms with E-state index in [9.17, 15) is 14.4 Å². The van der Waals surface area contributed by atoms with Gasteiger partial charge in [-0.05, 0) is 43.3 Å². The van der Waals surface area contributed by atoms with Crippen molar-refractivity contribution in [2.24, 2.45) is 5.73 Å². The first-order chi connectivity index (χ1) is 12.4. The smallest absolute Gasteiger partial charge is 0.337 e. The summed E-state index contributed by atoms with van der Waals surface area (Å²) in [5, 5.41) is 3.26. The number of ether oxygens (including phenoxy) is 1. The number of likely N-dealkylation sites (N-methyl/N-ethyl adjacent to an activating group) is 1. The van der Waals surface area contributed by atoms with Gasteiger partial charge in [-0.25, -0.2) is 4.79 Å². The number of hydrogen-bond acceptors (Lipinski definition) is 6. The van der Waals surface area contributed by atoms with Crippen LogP contribution in [0.5, 0.6) is 0 Å². The van der Waals surface area contributed by atoms with Crippen LogP contribution in [0.25, 0.3) is 0 Å². The number of carbonyl (C=O) groups is 3. The van der Waals surface area contributed by atoms with Crippen LogP contribution in [0.3, 0.4) is 0 Å². The van der Waals surface area contributed by atoms with E-state index in [0.717, 1.165) is 30.0 Å². The molecular weight excluding hydrogens is 390 g/mol. The molecule has 0 atom stereocenters. The molecule has 1 aliphatic heterocycles. The van der Waals surface area contributed by atoms with Gasteiger partial charge in [0.1, 0.15) is 5.00 Å². The molecule has 1 aromatic heterocycles. The average molecular weight is 410 g/mol. The van der Waals surface area contributed by atoms with Gasteiger partial charge in [-0.15, -0.1) is 23.7 Å². The quantitative estimate of drug-likeness (QED) is 0.754. The summed E-state index contributed by atoms with van der Waals surface area (Å²) in [6.07, 6.45) is 0.726. The number of nitrogens with one attached hydrogen (secondary N) is 1. The Kier molecular flexibility index (Phi) is 6.59. The molecule has 2 amide bonds. The van der Waals surface area contributed by atoms with Gasteiger partial charge in [0, 0.05) is 23.5 Å². The van der Waals surface area contributed by atoms with Gasteiger partial charge in [0.2, 0.25) is 0 Å². The number of methoxy groups -OCH3 is 1. The third kappa shape index (κ3) is 4.29. The number of hydrogen-bond donors (Lipinski definition) is 2. The summed E-state index contributed by atoms with van der Waals surface area (Å²) in [5.41, 5.74) is 7.61. The standard InChI is InChI=1S/C18H19N3O4S.ClH/c1-21-8-7-12-13(9-21)26-17(14(12)15(19)22)20-16(23)10-3-5-11(6-4-10)18(24)25-2;/h3-6H,7-9H2,1-2H3,(H2,19,22)(H,20,23);1H. The number of anilines is 1. The predicted molar refractivity (Wildman–Crippen MR) is 106 cm³/mol. The molecule has 9 heteroatoms. The van der Waals surface area contributed by atoms with Gasteiger partial charge in [0.05, 0.1) is 18.2 Å². The molecule has 1 aromatic carbocycles. The molecule has 0 fully saturated rings. The maximum Gasteiger partial charge on any atom is 0.337 e. The Morgan fingerprint density at radius 2 is 1.81 bits per heavy atom. The molecule has 1 aliphatic rings. The first-order valence-corrected chi connectivity index (χ1v) is 8.85. The minimum atomic E-state index is -0.539. The van der Waals surface area contributed by atoms with Gasteiger partial charge in [0.15, 0.2) is 0 Å². The second-order valence-electron chi connectivity index (χ2n) is 6.08. The summed E-state index contributed by atoms with van der Waals surface area (Å²) in [5.74, 6) is -1.37. The zero-order valence-electron chi connectivity index (χ0n) is 14.9. The summed E-state index contributed by atoms with van der Waals surface area (Å²) < 4.78 is 4.64. The second-order valence-corrected chi connectivity index (χ2v) is 7.19. The minimum Gasteiger partial charge on any atom is -0.465 e. The lowest BCUT2D eigenvalue weighted by atomic mass is 10.0. The molecule has 144 valence electrons. The van der Waals surface area contributed by atoms with Crippen LogP contribution < -0.4 is 11.1 Å². The Bertz CT molecular complexity index is 879. The number of esters is 1. The summed E-state index contributed by atoms with van der Waals surface area (Å²) in [4.78, 5) is 39.1. The fraction of sp³-hybridized carbons (Fsp3) is 0.278. The van der Waals surface area contributed by atoms with Crippen molar-refractivity contribution in [1.82, 2.24) is 4.90 Å². The molecule has 3 rings (SSSR count). The lowest BCUT2D eigenvalue weighted by molar-refractivity contribution is 0.0600. The number of primary amides is 1. The van der Waals surface area contributed by atoms with Crippen LogP contribution in [-0.2, 0) is 17.7 Å². The maximum atomic E-state index is 12.5. The van der Waals surface area contributed by atoms with Crippen LogP contribution >= 0.6 is 23.7 Å². The summed E-state index contributed by atoms with van der Waals surface area (Å²) in [6, 6.07) is 6.11. The highest BCUT2D eigenvalue weighted by atomic mass is 35.5. The van der Waals surface area contributed by atoms with Crippen LogP contribution in [0.4, 0.5) is 5.00 Å². The zero-order valence-corrected chi connectivity index (χ0v) is 16.5. The minimum absolute atomic E-state index is 0. The van der Waals surface area contributed by atoms with Crippen LogP contribution in [0.15, 0.2) is 24.3 Å². The number of thiophene rings is 1. The maximum absolute atomic E-state index is 12.5. The van der Waals surface area contributed by atoms with Gasteiger partial charge < -0.3 is 20.7 Å². The fourth-order valence-corrected chi connectivity index (χ4v) is 4.26. The summed E-state index contributed by atoms with van der Waals surface area (Å²) in [6.45, 7) is 1.57. The molecule has 2 heterocycles. The third-order valence-electron chi connectivity index (χ3n) is 4.29. The van der Waals surface area contributed by atoms with E-state index in [0.29, 0.717) is 21.7 Å². The Hall–Kier alpha value is -2.42. The molecule has 0 saturated carbocycles. The molecule has 0 spiro atoms. The summed E-state index contributed by atoms with van der Waals surface area (Å²) in [7, 11) is 3.30. The van der Waals surface area contributed by atoms with E-state index < -0.39 is 11.9 Å². The van der Waals surface area contributed by atoms with Gasteiger partial charge in [0.25, 0.3) is 11.8 Å². The van der Waals surface area contributed by atoms with Gasteiger partial charge in [-0.1, -0.05) is 0 Å². The van der Waals surface area contributed by atoms with E-state index >= 15 is 0 Å². The first kappa shape index (κ1) is 20.9. The fourth-order valence-electron chi connectivity index (χ4n) is 2.93. The third-order valence-corrected chi connectivity index (χ3v) is 5.42. The molecule has 0 saturated heterocycles. The van der Waals surface area contributed by atoms with Gasteiger partial charge in [-0.2, -0.15) is 0 Å². The Labute approximate surface area is 166 Å². The molecule has 2 aromatic rings. The van der Waals surface area contributed by atoms with E-state index in [1.165, 1.54) is 42.7 Å². The second kappa shape index (κ2) is 8.51. The monoisotopic (exact) mass is 409 g/mol. The normalized spacial score (nSPS) is 13.3. The highest BCUT2D eigenvalue weighted by molar-refractivity contribution is 7.17. The van der Waals surface area contributed by atoms with Gasteiger partial charge >= 0.3 is 5.97 Å². The average Bonchev–Trinajstić information content (AvgIpc) is 2.98. The zero-order chi connectivity index (χ0) is 18.8. The highest BCUT2D eigenvalue weighted by Gasteiger charge is 2.26. The van der Waals surface area contributed by atoms with E-state index in [-0.39, 0.29) is 18.3 Å². The molecular formula is C18H20ClN3O4S. The summed E-state index contributed by atoms with van der Waals surface area (Å²) >= 11 is 1.38. The molecule has 0 radical (unpaired) electrons. The highest BCUT2D eigenvalue weighted by Crippen LogP contribution is 2.36. The molecule has 27 heavy (non-hydrogen) atoms. The van der Waals surface area contributed by atoms with Crippen LogP contribution in [0.1, 0.15) is 41.5 Å². The number of amides is 2. The predicted octanol–water partition coefficient (Wildman–Crippen LogP) is 2.30. The number of fused-ring (bicyclic) bond motifs is 1. The molecule has 0 unspecified atom stereocenters. The lowest BCUT2D eigenvalue weighted by Gasteiger charge is -2.22. The van der Waals surface area contributed by atoms with Crippen molar-refractivity contribution >= 4 is 46.5 Å². The van der Waals surface area contributed by atoms with E-state index in [1.807, 2.05) is 7.05 Å². The van der Waals surface area contributed by atoms with Crippen molar-refractivity contribution in [3.8, 4) is 0 Å².